The van der Waals surface area contributed by atoms with Gasteiger partial charge in [-0.3, -0.25) is 19.6 Å². The van der Waals surface area contributed by atoms with E-state index in [1.165, 1.54) is 11.6 Å². The highest BCUT2D eigenvalue weighted by Gasteiger charge is 2.37. The third-order valence-corrected chi connectivity index (χ3v) is 6.96. The standard InChI is InChI=1S/C16H24N4O6S/c1-11-16(20(22)23)12(2)19(17-11)9-15(21)18(8-14-4-3-6-26-14)13-5-7-27(24,25)10-13/h13-14H,3-10H2,1-2H3/t13-,14+/m1/s1. The molecule has 0 aliphatic carbocycles. The average Bonchev–Trinajstić information content (AvgIpc) is 3.26. The third-order valence-electron chi connectivity index (χ3n) is 5.20. The molecule has 0 bridgehead atoms. The van der Waals surface area contributed by atoms with Crippen molar-refractivity contribution in [3.8, 4) is 0 Å². The Kier molecular flexibility index (Phi) is 5.52. The number of aryl methyl sites for hydroxylation is 1. The molecule has 1 aromatic rings. The summed E-state index contributed by atoms with van der Waals surface area (Å²) in [6.07, 6.45) is 2.04. The lowest BCUT2D eigenvalue weighted by atomic mass is 10.1. The van der Waals surface area contributed by atoms with Gasteiger partial charge < -0.3 is 9.64 Å². The highest BCUT2D eigenvalue weighted by molar-refractivity contribution is 7.91. The largest absolute Gasteiger partial charge is 0.376 e. The van der Waals surface area contributed by atoms with Crippen LogP contribution in [0.3, 0.4) is 0 Å². The molecule has 3 heterocycles. The van der Waals surface area contributed by atoms with Crippen molar-refractivity contribution in [2.45, 2.75) is 51.8 Å². The van der Waals surface area contributed by atoms with Crippen molar-refractivity contribution in [2.75, 3.05) is 24.7 Å². The summed E-state index contributed by atoms with van der Waals surface area (Å²) in [6, 6.07) is -0.390. The summed E-state index contributed by atoms with van der Waals surface area (Å²) in [6.45, 7) is 3.89. The van der Waals surface area contributed by atoms with Crippen molar-refractivity contribution < 1.29 is 22.9 Å². The van der Waals surface area contributed by atoms with Crippen LogP contribution >= 0.6 is 0 Å². The molecule has 1 amide bonds. The monoisotopic (exact) mass is 400 g/mol. The maximum atomic E-state index is 13.0. The number of rotatable bonds is 6. The second-order valence-corrected chi connectivity index (χ2v) is 9.40. The van der Waals surface area contributed by atoms with Gasteiger partial charge >= 0.3 is 5.69 Å². The van der Waals surface area contributed by atoms with Crippen LogP contribution in [-0.2, 0) is 25.9 Å². The second-order valence-electron chi connectivity index (χ2n) is 7.17. The molecular formula is C16H24N4O6S. The molecule has 0 radical (unpaired) electrons. The molecule has 0 aromatic carbocycles. The fraction of sp³-hybridized carbons (Fsp3) is 0.750. The fourth-order valence-electron chi connectivity index (χ4n) is 3.81. The van der Waals surface area contributed by atoms with Crippen LogP contribution in [0.25, 0.3) is 0 Å². The second kappa shape index (κ2) is 7.55. The molecule has 0 unspecified atom stereocenters. The van der Waals surface area contributed by atoms with Gasteiger partial charge in [-0.2, -0.15) is 5.10 Å². The Bertz CT molecular complexity index is 843. The first-order valence-corrected chi connectivity index (χ1v) is 10.8. The number of nitro groups is 1. The lowest BCUT2D eigenvalue weighted by molar-refractivity contribution is -0.386. The molecule has 3 rings (SSSR count). The maximum Gasteiger partial charge on any atom is 0.312 e. The van der Waals surface area contributed by atoms with Crippen molar-refractivity contribution in [3.05, 3.63) is 21.5 Å². The van der Waals surface area contributed by atoms with Crippen LogP contribution in [0, 0.1) is 24.0 Å². The maximum absolute atomic E-state index is 13.0. The summed E-state index contributed by atoms with van der Waals surface area (Å²) in [5, 5.41) is 15.3. The third kappa shape index (κ3) is 4.29. The molecule has 2 fully saturated rings. The number of hydrogen-bond donors (Lipinski definition) is 0. The Morgan fingerprint density at radius 1 is 1.41 bits per heavy atom. The van der Waals surface area contributed by atoms with E-state index in [-0.39, 0.29) is 41.4 Å². The SMILES string of the molecule is Cc1nn(CC(=O)N(C[C@@H]2CCCO2)[C@@H]2CCS(=O)(=O)C2)c(C)c1[N+](=O)[O-]. The van der Waals surface area contributed by atoms with Gasteiger partial charge in [-0.15, -0.1) is 0 Å². The van der Waals surface area contributed by atoms with Crippen molar-refractivity contribution in [1.29, 1.82) is 0 Å². The van der Waals surface area contributed by atoms with E-state index >= 15 is 0 Å². The zero-order chi connectivity index (χ0) is 19.8. The van der Waals surface area contributed by atoms with Crippen LogP contribution in [0.4, 0.5) is 5.69 Å². The first-order valence-electron chi connectivity index (χ1n) is 8.98. The van der Waals surface area contributed by atoms with Crippen LogP contribution in [0.15, 0.2) is 0 Å². The topological polar surface area (TPSA) is 125 Å². The van der Waals surface area contributed by atoms with E-state index in [1.54, 1.807) is 11.8 Å². The Morgan fingerprint density at radius 3 is 2.67 bits per heavy atom. The van der Waals surface area contributed by atoms with Gasteiger partial charge in [0.25, 0.3) is 0 Å². The van der Waals surface area contributed by atoms with E-state index in [1.807, 2.05) is 0 Å². The molecule has 0 N–H and O–H groups in total. The van der Waals surface area contributed by atoms with Gasteiger partial charge in [0.05, 0.1) is 22.5 Å². The molecule has 27 heavy (non-hydrogen) atoms. The number of ether oxygens (including phenoxy) is 1. The van der Waals surface area contributed by atoms with Crippen LogP contribution in [0.1, 0.15) is 30.7 Å². The van der Waals surface area contributed by atoms with Crippen molar-refractivity contribution in [2.24, 2.45) is 0 Å². The summed E-state index contributed by atoms with van der Waals surface area (Å²) in [5.74, 6) is -0.283. The number of hydrogen-bond acceptors (Lipinski definition) is 7. The summed E-state index contributed by atoms with van der Waals surface area (Å²) < 4.78 is 30.7. The zero-order valence-corrected chi connectivity index (χ0v) is 16.3. The van der Waals surface area contributed by atoms with Gasteiger partial charge in [0, 0.05) is 19.2 Å². The van der Waals surface area contributed by atoms with Crippen molar-refractivity contribution in [1.82, 2.24) is 14.7 Å². The van der Waals surface area contributed by atoms with Gasteiger partial charge in [0.1, 0.15) is 17.9 Å². The normalized spacial score (nSPS) is 24.2. The Hall–Kier alpha value is -2.01. The molecule has 2 atom stereocenters. The molecule has 11 heteroatoms. The average molecular weight is 400 g/mol. The quantitative estimate of drug-likeness (QED) is 0.506. The smallest absolute Gasteiger partial charge is 0.312 e. The number of nitrogens with zero attached hydrogens (tertiary/aromatic N) is 4. The van der Waals surface area contributed by atoms with E-state index in [2.05, 4.69) is 5.10 Å². The molecule has 2 aliphatic heterocycles. The van der Waals surface area contributed by atoms with E-state index < -0.39 is 20.8 Å². The fourth-order valence-corrected chi connectivity index (χ4v) is 5.54. The number of carbonyl (C=O) groups excluding carboxylic acids is 1. The van der Waals surface area contributed by atoms with E-state index in [0.717, 1.165) is 12.8 Å². The van der Waals surface area contributed by atoms with Crippen LogP contribution in [0.5, 0.6) is 0 Å². The van der Waals surface area contributed by atoms with E-state index in [9.17, 15) is 23.3 Å². The summed E-state index contributed by atoms with van der Waals surface area (Å²) >= 11 is 0. The minimum absolute atomic E-state index is 0.0529. The Morgan fingerprint density at radius 2 is 2.15 bits per heavy atom. The molecule has 2 saturated heterocycles. The number of carbonyl (C=O) groups is 1. The molecule has 10 nitrogen and oxygen atoms in total. The molecular weight excluding hydrogens is 376 g/mol. The molecule has 2 aliphatic rings. The van der Waals surface area contributed by atoms with Crippen LogP contribution < -0.4 is 0 Å². The summed E-state index contributed by atoms with van der Waals surface area (Å²) in [7, 11) is -3.15. The summed E-state index contributed by atoms with van der Waals surface area (Å²) in [4.78, 5) is 25.2. The lowest BCUT2D eigenvalue weighted by Crippen LogP contribution is -2.46. The van der Waals surface area contributed by atoms with Crippen molar-refractivity contribution >= 4 is 21.4 Å². The molecule has 0 spiro atoms. The molecule has 150 valence electrons. The number of aromatic nitrogens is 2. The van der Waals surface area contributed by atoms with Gasteiger partial charge in [-0.1, -0.05) is 0 Å². The molecule has 0 saturated carbocycles. The Balaban J connectivity index is 1.80. The summed E-state index contributed by atoms with van der Waals surface area (Å²) in [5.41, 5.74) is 0.457. The zero-order valence-electron chi connectivity index (χ0n) is 15.5. The van der Waals surface area contributed by atoms with Gasteiger partial charge in [-0.25, -0.2) is 8.42 Å². The minimum Gasteiger partial charge on any atom is -0.376 e. The van der Waals surface area contributed by atoms with Crippen molar-refractivity contribution in [3.63, 3.8) is 0 Å². The highest BCUT2D eigenvalue weighted by Crippen LogP contribution is 2.24. The Labute approximate surface area is 157 Å². The predicted molar refractivity (Wildman–Crippen MR) is 96.1 cm³/mol. The first kappa shape index (κ1) is 19.7. The highest BCUT2D eigenvalue weighted by atomic mass is 32.2. The lowest BCUT2D eigenvalue weighted by Gasteiger charge is -2.30. The first-order chi connectivity index (χ1) is 12.7. The van der Waals surface area contributed by atoms with E-state index in [4.69, 9.17) is 4.74 Å². The predicted octanol–water partition coefficient (Wildman–Crippen LogP) is 0.603. The molecule has 1 aromatic heterocycles. The van der Waals surface area contributed by atoms with Gasteiger partial charge in [0.15, 0.2) is 9.84 Å². The van der Waals surface area contributed by atoms with Gasteiger partial charge in [-0.05, 0) is 33.1 Å². The van der Waals surface area contributed by atoms with Gasteiger partial charge in [0.2, 0.25) is 5.91 Å². The number of amides is 1. The van der Waals surface area contributed by atoms with Crippen LogP contribution in [-0.4, -0.2) is 70.7 Å². The minimum atomic E-state index is -3.15. The van der Waals surface area contributed by atoms with E-state index in [0.29, 0.717) is 25.3 Å². The number of sulfone groups is 1. The van der Waals surface area contributed by atoms with Crippen LogP contribution in [0.2, 0.25) is 0 Å².